The molecule has 1 N–H and O–H groups in total. The highest BCUT2D eigenvalue weighted by molar-refractivity contribution is 5.95. The molecule has 2 aromatic rings. The van der Waals surface area contributed by atoms with Gasteiger partial charge in [0.25, 0.3) is 0 Å². The van der Waals surface area contributed by atoms with E-state index in [1.165, 1.54) is 0 Å². The van der Waals surface area contributed by atoms with Gasteiger partial charge in [0, 0.05) is 5.56 Å². The van der Waals surface area contributed by atoms with E-state index in [4.69, 9.17) is 4.74 Å². The van der Waals surface area contributed by atoms with Crippen molar-refractivity contribution in [3.05, 3.63) is 65.7 Å². The van der Waals surface area contributed by atoms with E-state index in [0.29, 0.717) is 5.90 Å². The smallest absolute Gasteiger partial charge is 0.217 e. The summed E-state index contributed by atoms with van der Waals surface area (Å²) in [6.45, 7) is 2.02. The standard InChI is InChI=1S/C16H15NO2/c1-11-15(13-8-5-9-14(18)10-13)19-16(17-11)12-6-3-2-4-7-12/h2-11,15,18H,1H3/t11-,15-/m0/s1. The molecule has 0 spiro atoms. The summed E-state index contributed by atoms with van der Waals surface area (Å²) in [7, 11) is 0. The molecule has 1 aliphatic heterocycles. The van der Waals surface area contributed by atoms with Gasteiger partial charge in [-0.05, 0) is 36.8 Å². The van der Waals surface area contributed by atoms with Crippen molar-refractivity contribution in [3.63, 3.8) is 0 Å². The maximum atomic E-state index is 9.55. The first-order chi connectivity index (χ1) is 9.24. The summed E-state index contributed by atoms with van der Waals surface area (Å²) >= 11 is 0. The molecule has 2 atom stereocenters. The van der Waals surface area contributed by atoms with E-state index >= 15 is 0 Å². The largest absolute Gasteiger partial charge is 0.508 e. The van der Waals surface area contributed by atoms with E-state index in [0.717, 1.165) is 11.1 Å². The fraction of sp³-hybridized carbons (Fsp3) is 0.188. The minimum absolute atomic E-state index is 0.0389. The zero-order valence-electron chi connectivity index (χ0n) is 10.7. The lowest BCUT2D eigenvalue weighted by atomic mass is 10.0. The topological polar surface area (TPSA) is 41.8 Å². The highest BCUT2D eigenvalue weighted by Gasteiger charge is 2.29. The number of aromatic hydroxyl groups is 1. The van der Waals surface area contributed by atoms with Gasteiger partial charge in [0.1, 0.15) is 11.9 Å². The van der Waals surface area contributed by atoms with Crippen LogP contribution in [0.4, 0.5) is 0 Å². The van der Waals surface area contributed by atoms with Crippen LogP contribution in [-0.2, 0) is 4.74 Å². The third-order valence-electron chi connectivity index (χ3n) is 3.22. The average Bonchev–Trinajstić information content (AvgIpc) is 2.82. The minimum atomic E-state index is -0.137. The summed E-state index contributed by atoms with van der Waals surface area (Å²) in [5, 5.41) is 9.55. The Morgan fingerprint density at radius 1 is 1.05 bits per heavy atom. The van der Waals surface area contributed by atoms with Gasteiger partial charge >= 0.3 is 0 Å². The highest BCUT2D eigenvalue weighted by atomic mass is 16.5. The molecule has 0 unspecified atom stereocenters. The van der Waals surface area contributed by atoms with Gasteiger partial charge in [0.15, 0.2) is 0 Å². The summed E-state index contributed by atoms with van der Waals surface area (Å²) in [5.74, 6) is 0.919. The Labute approximate surface area is 112 Å². The number of phenolic OH excluding ortho intramolecular Hbond substituents is 1. The van der Waals surface area contributed by atoms with Crippen molar-refractivity contribution in [2.45, 2.75) is 19.1 Å². The van der Waals surface area contributed by atoms with Crippen molar-refractivity contribution < 1.29 is 9.84 Å². The van der Waals surface area contributed by atoms with Crippen LogP contribution in [0.1, 0.15) is 24.2 Å². The molecule has 0 saturated carbocycles. The molecule has 0 amide bonds. The molecule has 3 heteroatoms. The van der Waals surface area contributed by atoms with Crippen LogP contribution in [0.3, 0.4) is 0 Å². The molecule has 1 aliphatic rings. The van der Waals surface area contributed by atoms with Crippen LogP contribution in [0, 0.1) is 0 Å². The van der Waals surface area contributed by atoms with Crippen molar-refractivity contribution >= 4 is 5.90 Å². The van der Waals surface area contributed by atoms with Crippen LogP contribution < -0.4 is 0 Å². The molecule has 96 valence electrons. The first kappa shape index (κ1) is 11.8. The number of aliphatic imine (C=N–C) groups is 1. The second-order valence-electron chi connectivity index (χ2n) is 4.67. The molecule has 1 heterocycles. The maximum Gasteiger partial charge on any atom is 0.217 e. The molecule has 19 heavy (non-hydrogen) atoms. The third-order valence-corrected chi connectivity index (χ3v) is 3.22. The maximum absolute atomic E-state index is 9.55. The van der Waals surface area contributed by atoms with Gasteiger partial charge in [0.05, 0.1) is 6.04 Å². The predicted octanol–water partition coefficient (Wildman–Crippen LogP) is 3.30. The Hall–Kier alpha value is -2.29. The van der Waals surface area contributed by atoms with Gasteiger partial charge in [-0.2, -0.15) is 0 Å². The monoisotopic (exact) mass is 253 g/mol. The molecule has 3 rings (SSSR count). The Morgan fingerprint density at radius 2 is 1.84 bits per heavy atom. The average molecular weight is 253 g/mol. The molecule has 0 saturated heterocycles. The van der Waals surface area contributed by atoms with E-state index in [2.05, 4.69) is 4.99 Å². The van der Waals surface area contributed by atoms with Crippen molar-refractivity contribution in [1.82, 2.24) is 0 Å². The lowest BCUT2D eigenvalue weighted by Gasteiger charge is -2.15. The van der Waals surface area contributed by atoms with E-state index < -0.39 is 0 Å². The molecule has 0 aliphatic carbocycles. The lowest BCUT2D eigenvalue weighted by molar-refractivity contribution is 0.202. The Bertz CT molecular complexity index is 607. The van der Waals surface area contributed by atoms with Gasteiger partial charge in [0.2, 0.25) is 5.90 Å². The van der Waals surface area contributed by atoms with Gasteiger partial charge in [-0.1, -0.05) is 30.3 Å². The molecule has 3 nitrogen and oxygen atoms in total. The van der Waals surface area contributed by atoms with E-state index in [9.17, 15) is 5.11 Å². The number of phenols is 1. The zero-order chi connectivity index (χ0) is 13.2. The Kier molecular flexibility index (Phi) is 2.95. The summed E-state index contributed by atoms with van der Waals surface area (Å²) in [6.07, 6.45) is -0.137. The van der Waals surface area contributed by atoms with Crippen LogP contribution in [0.2, 0.25) is 0 Å². The second kappa shape index (κ2) is 4.76. The SMILES string of the molecule is C[C@@H]1N=C(c2ccccc2)O[C@@H]1c1cccc(O)c1. The number of hydrogen-bond donors (Lipinski definition) is 1. The van der Waals surface area contributed by atoms with Gasteiger partial charge in [-0.15, -0.1) is 0 Å². The summed E-state index contributed by atoms with van der Waals surface area (Å²) < 4.78 is 5.94. The molecule has 0 aromatic heterocycles. The summed E-state index contributed by atoms with van der Waals surface area (Å²) in [6, 6.07) is 17.1. The van der Waals surface area contributed by atoms with Gasteiger partial charge in [-0.25, -0.2) is 4.99 Å². The normalized spacial score (nSPS) is 21.8. The Morgan fingerprint density at radius 3 is 2.58 bits per heavy atom. The minimum Gasteiger partial charge on any atom is -0.508 e. The fourth-order valence-electron chi connectivity index (χ4n) is 2.27. The number of benzene rings is 2. The molecule has 0 radical (unpaired) electrons. The second-order valence-corrected chi connectivity index (χ2v) is 4.67. The molecular formula is C16H15NO2. The van der Waals surface area contributed by atoms with Crippen molar-refractivity contribution in [2.24, 2.45) is 4.99 Å². The van der Waals surface area contributed by atoms with E-state index in [-0.39, 0.29) is 17.9 Å². The summed E-state index contributed by atoms with van der Waals surface area (Å²) in [5.41, 5.74) is 1.93. The van der Waals surface area contributed by atoms with Crippen LogP contribution >= 0.6 is 0 Å². The van der Waals surface area contributed by atoms with Crippen molar-refractivity contribution in [1.29, 1.82) is 0 Å². The number of nitrogens with zero attached hydrogens (tertiary/aromatic N) is 1. The predicted molar refractivity (Wildman–Crippen MR) is 74.4 cm³/mol. The van der Waals surface area contributed by atoms with Crippen molar-refractivity contribution in [3.8, 4) is 5.75 Å². The summed E-state index contributed by atoms with van der Waals surface area (Å²) in [4.78, 5) is 4.56. The molecule has 0 fully saturated rings. The van der Waals surface area contributed by atoms with E-state index in [1.807, 2.05) is 49.4 Å². The van der Waals surface area contributed by atoms with E-state index in [1.54, 1.807) is 12.1 Å². The molecular weight excluding hydrogens is 238 g/mol. The van der Waals surface area contributed by atoms with Crippen LogP contribution in [-0.4, -0.2) is 17.0 Å². The van der Waals surface area contributed by atoms with Gasteiger partial charge in [-0.3, -0.25) is 0 Å². The number of ether oxygens (including phenoxy) is 1. The third kappa shape index (κ3) is 2.32. The first-order valence-corrected chi connectivity index (χ1v) is 6.33. The van der Waals surface area contributed by atoms with Crippen LogP contribution in [0.15, 0.2) is 59.6 Å². The fourth-order valence-corrected chi connectivity index (χ4v) is 2.27. The van der Waals surface area contributed by atoms with Crippen LogP contribution in [0.25, 0.3) is 0 Å². The van der Waals surface area contributed by atoms with Gasteiger partial charge < -0.3 is 9.84 Å². The Balaban J connectivity index is 1.86. The molecule has 0 bridgehead atoms. The number of rotatable bonds is 2. The molecule has 2 aromatic carbocycles. The number of hydrogen-bond acceptors (Lipinski definition) is 3. The highest BCUT2D eigenvalue weighted by Crippen LogP contribution is 2.32. The quantitative estimate of drug-likeness (QED) is 0.892. The first-order valence-electron chi connectivity index (χ1n) is 6.33. The van der Waals surface area contributed by atoms with Crippen LogP contribution in [0.5, 0.6) is 5.75 Å². The zero-order valence-corrected chi connectivity index (χ0v) is 10.7. The van der Waals surface area contributed by atoms with Crippen molar-refractivity contribution in [2.75, 3.05) is 0 Å². The lowest BCUT2D eigenvalue weighted by Crippen LogP contribution is -2.10.